The minimum absolute atomic E-state index is 0.449. The number of hydrogen-bond donors (Lipinski definition) is 1. The SMILES string of the molecule is Cc1csc(-c2nc(-c3cccnc3)no2)c1N. The van der Waals surface area contributed by atoms with E-state index in [1.54, 1.807) is 12.4 Å². The molecule has 0 spiro atoms. The van der Waals surface area contributed by atoms with E-state index in [2.05, 4.69) is 15.1 Å². The molecule has 0 atom stereocenters. The summed E-state index contributed by atoms with van der Waals surface area (Å²) in [5.41, 5.74) is 8.49. The highest BCUT2D eigenvalue weighted by atomic mass is 32.1. The molecule has 6 heteroatoms. The molecule has 3 aromatic heterocycles. The molecule has 3 aromatic rings. The molecule has 0 amide bonds. The Bertz CT molecular complexity index is 674. The van der Waals surface area contributed by atoms with Gasteiger partial charge in [-0.3, -0.25) is 4.98 Å². The quantitative estimate of drug-likeness (QED) is 0.764. The maximum atomic E-state index is 5.95. The van der Waals surface area contributed by atoms with Crippen LogP contribution in [0.5, 0.6) is 0 Å². The fourth-order valence-corrected chi connectivity index (χ4v) is 2.44. The summed E-state index contributed by atoms with van der Waals surface area (Å²) in [4.78, 5) is 9.17. The van der Waals surface area contributed by atoms with E-state index in [1.807, 2.05) is 24.4 Å². The van der Waals surface area contributed by atoms with Gasteiger partial charge in [0.05, 0.1) is 5.69 Å². The van der Waals surface area contributed by atoms with E-state index in [0.717, 1.165) is 16.0 Å². The standard InChI is InChI=1S/C12H10N4OS/c1-7-6-18-10(9(7)13)12-15-11(16-17-12)8-3-2-4-14-5-8/h2-6H,13H2,1H3. The summed E-state index contributed by atoms with van der Waals surface area (Å²) >= 11 is 1.50. The van der Waals surface area contributed by atoms with E-state index < -0.39 is 0 Å². The summed E-state index contributed by atoms with van der Waals surface area (Å²) in [6, 6.07) is 3.71. The first-order valence-corrected chi connectivity index (χ1v) is 6.21. The molecule has 0 aromatic carbocycles. The van der Waals surface area contributed by atoms with Crippen molar-refractivity contribution in [3.63, 3.8) is 0 Å². The predicted molar refractivity (Wildman–Crippen MR) is 70.0 cm³/mol. The Kier molecular flexibility index (Phi) is 2.56. The third-order valence-corrected chi connectivity index (χ3v) is 3.66. The van der Waals surface area contributed by atoms with Crippen molar-refractivity contribution in [1.29, 1.82) is 0 Å². The number of hydrogen-bond acceptors (Lipinski definition) is 6. The van der Waals surface area contributed by atoms with Gasteiger partial charge in [0.25, 0.3) is 5.89 Å². The molecular formula is C12H10N4OS. The number of thiophene rings is 1. The Labute approximate surface area is 107 Å². The Hall–Kier alpha value is -2.21. The van der Waals surface area contributed by atoms with Gasteiger partial charge in [0.2, 0.25) is 5.82 Å². The van der Waals surface area contributed by atoms with Crippen LogP contribution in [0, 0.1) is 6.92 Å². The van der Waals surface area contributed by atoms with Crippen LogP contribution < -0.4 is 5.73 Å². The van der Waals surface area contributed by atoms with Crippen molar-refractivity contribution in [3.05, 3.63) is 35.5 Å². The monoisotopic (exact) mass is 258 g/mol. The van der Waals surface area contributed by atoms with Crippen LogP contribution in [0.1, 0.15) is 5.56 Å². The molecule has 0 aliphatic heterocycles. The Morgan fingerprint density at radius 1 is 1.39 bits per heavy atom. The van der Waals surface area contributed by atoms with E-state index in [4.69, 9.17) is 10.3 Å². The van der Waals surface area contributed by atoms with Crippen LogP contribution >= 0.6 is 11.3 Å². The van der Waals surface area contributed by atoms with Crippen LogP contribution in [0.3, 0.4) is 0 Å². The molecule has 5 nitrogen and oxygen atoms in total. The summed E-state index contributed by atoms with van der Waals surface area (Å²) < 4.78 is 5.24. The smallest absolute Gasteiger partial charge is 0.270 e. The molecule has 0 bridgehead atoms. The van der Waals surface area contributed by atoms with Crippen LogP contribution in [0.4, 0.5) is 5.69 Å². The first kappa shape index (κ1) is 10.9. The second kappa shape index (κ2) is 4.23. The van der Waals surface area contributed by atoms with Crippen molar-refractivity contribution in [2.45, 2.75) is 6.92 Å². The molecule has 0 aliphatic rings. The lowest BCUT2D eigenvalue weighted by Gasteiger charge is -1.92. The fraction of sp³-hybridized carbons (Fsp3) is 0.0833. The number of nitrogens with two attached hydrogens (primary N) is 1. The van der Waals surface area contributed by atoms with E-state index in [-0.39, 0.29) is 0 Å². The summed E-state index contributed by atoms with van der Waals surface area (Å²) in [7, 11) is 0. The fourth-order valence-electron chi connectivity index (χ4n) is 1.55. The number of nitrogens with zero attached hydrogens (tertiary/aromatic N) is 3. The van der Waals surface area contributed by atoms with Gasteiger partial charge in [-0.2, -0.15) is 4.98 Å². The molecule has 3 heterocycles. The Balaban J connectivity index is 2.02. The van der Waals surface area contributed by atoms with Gasteiger partial charge in [-0.15, -0.1) is 11.3 Å². The number of aryl methyl sites for hydroxylation is 1. The lowest BCUT2D eigenvalue weighted by atomic mass is 10.2. The lowest BCUT2D eigenvalue weighted by molar-refractivity contribution is 0.433. The maximum absolute atomic E-state index is 5.95. The van der Waals surface area contributed by atoms with Crippen LogP contribution in [0.2, 0.25) is 0 Å². The van der Waals surface area contributed by atoms with Crippen molar-refractivity contribution in [1.82, 2.24) is 15.1 Å². The predicted octanol–water partition coefficient (Wildman–Crippen LogP) is 2.75. The molecule has 0 saturated heterocycles. The molecule has 0 saturated carbocycles. The zero-order valence-corrected chi connectivity index (χ0v) is 10.4. The van der Waals surface area contributed by atoms with Crippen LogP contribution in [0.15, 0.2) is 34.4 Å². The zero-order valence-electron chi connectivity index (χ0n) is 9.62. The molecule has 90 valence electrons. The van der Waals surface area contributed by atoms with Gasteiger partial charge >= 0.3 is 0 Å². The molecule has 0 fully saturated rings. The summed E-state index contributed by atoms with van der Waals surface area (Å²) in [6.45, 7) is 1.95. The number of anilines is 1. The number of aromatic nitrogens is 3. The molecule has 2 N–H and O–H groups in total. The highest BCUT2D eigenvalue weighted by Crippen LogP contribution is 2.34. The molecule has 0 unspecified atom stereocenters. The number of pyridine rings is 1. The minimum Gasteiger partial charge on any atom is -0.397 e. The highest BCUT2D eigenvalue weighted by Gasteiger charge is 2.15. The lowest BCUT2D eigenvalue weighted by Crippen LogP contribution is -1.87. The second-order valence-electron chi connectivity index (χ2n) is 3.83. The van der Waals surface area contributed by atoms with Gasteiger partial charge < -0.3 is 10.3 Å². The largest absolute Gasteiger partial charge is 0.397 e. The topological polar surface area (TPSA) is 77.8 Å². The third-order valence-electron chi connectivity index (χ3n) is 2.56. The van der Waals surface area contributed by atoms with Crippen LogP contribution in [0.25, 0.3) is 22.2 Å². The van der Waals surface area contributed by atoms with Crippen molar-refractivity contribution in [2.75, 3.05) is 5.73 Å². The molecule has 0 aliphatic carbocycles. The highest BCUT2D eigenvalue weighted by molar-refractivity contribution is 7.14. The Morgan fingerprint density at radius 3 is 2.94 bits per heavy atom. The summed E-state index contributed by atoms with van der Waals surface area (Å²) in [6.07, 6.45) is 3.39. The van der Waals surface area contributed by atoms with Crippen molar-refractivity contribution < 1.29 is 4.52 Å². The van der Waals surface area contributed by atoms with Crippen LogP contribution in [-0.4, -0.2) is 15.1 Å². The van der Waals surface area contributed by atoms with E-state index in [0.29, 0.717) is 17.4 Å². The first-order chi connectivity index (χ1) is 8.75. The molecule has 0 radical (unpaired) electrons. The van der Waals surface area contributed by atoms with E-state index in [9.17, 15) is 0 Å². The van der Waals surface area contributed by atoms with Gasteiger partial charge in [-0.25, -0.2) is 0 Å². The van der Waals surface area contributed by atoms with Gasteiger partial charge in [-0.05, 0) is 30.0 Å². The minimum atomic E-state index is 0.449. The molecule has 18 heavy (non-hydrogen) atoms. The molecular weight excluding hydrogens is 248 g/mol. The van der Waals surface area contributed by atoms with Crippen molar-refractivity contribution >= 4 is 17.0 Å². The van der Waals surface area contributed by atoms with Crippen LogP contribution in [-0.2, 0) is 0 Å². The summed E-state index contributed by atoms with van der Waals surface area (Å²) in [5, 5.41) is 5.91. The van der Waals surface area contributed by atoms with Crippen molar-refractivity contribution in [2.24, 2.45) is 0 Å². The average Bonchev–Trinajstić information content (AvgIpc) is 3.00. The zero-order chi connectivity index (χ0) is 12.5. The second-order valence-corrected chi connectivity index (χ2v) is 4.71. The number of nitrogen functional groups attached to an aromatic ring is 1. The van der Waals surface area contributed by atoms with E-state index in [1.165, 1.54) is 11.3 Å². The average molecular weight is 258 g/mol. The van der Waals surface area contributed by atoms with E-state index >= 15 is 0 Å². The van der Waals surface area contributed by atoms with Gasteiger partial charge in [0.15, 0.2) is 0 Å². The van der Waals surface area contributed by atoms with Gasteiger partial charge in [0, 0.05) is 18.0 Å². The first-order valence-electron chi connectivity index (χ1n) is 5.34. The normalized spacial score (nSPS) is 10.7. The van der Waals surface area contributed by atoms with Gasteiger partial charge in [-0.1, -0.05) is 5.16 Å². The molecule has 3 rings (SSSR count). The Morgan fingerprint density at radius 2 is 2.28 bits per heavy atom. The number of rotatable bonds is 2. The van der Waals surface area contributed by atoms with Gasteiger partial charge in [0.1, 0.15) is 4.88 Å². The maximum Gasteiger partial charge on any atom is 0.270 e. The summed E-state index contributed by atoms with van der Waals surface area (Å²) in [5.74, 6) is 0.966. The third kappa shape index (κ3) is 1.76. The van der Waals surface area contributed by atoms with Crippen molar-refractivity contribution in [3.8, 4) is 22.2 Å².